The van der Waals surface area contributed by atoms with Gasteiger partial charge in [-0.2, -0.15) is 13.2 Å². The molecule has 2 fully saturated rings. The van der Waals surface area contributed by atoms with Crippen LogP contribution in [0.4, 0.5) is 17.6 Å². The summed E-state index contributed by atoms with van der Waals surface area (Å²) in [5, 5.41) is 21.2. The van der Waals surface area contributed by atoms with Gasteiger partial charge in [-0.1, -0.05) is 39.3 Å². The first-order chi connectivity index (χ1) is 19.5. The summed E-state index contributed by atoms with van der Waals surface area (Å²) < 4.78 is 56.9. The number of alkyl halides is 4. The van der Waals surface area contributed by atoms with Gasteiger partial charge in [-0.05, 0) is 62.6 Å². The van der Waals surface area contributed by atoms with Gasteiger partial charge >= 0.3 is 12.1 Å². The van der Waals surface area contributed by atoms with Gasteiger partial charge in [-0.25, -0.2) is 9.18 Å². The van der Waals surface area contributed by atoms with E-state index >= 15 is 0 Å². The first-order valence-electron chi connectivity index (χ1n) is 14.5. The third-order valence-electron chi connectivity index (χ3n) is 7.08. The minimum atomic E-state index is -5.08. The van der Waals surface area contributed by atoms with Crippen molar-refractivity contribution in [2.24, 2.45) is 0 Å². The third-order valence-corrected chi connectivity index (χ3v) is 7.08. The summed E-state index contributed by atoms with van der Waals surface area (Å²) in [4.78, 5) is 23.5. The van der Waals surface area contributed by atoms with Crippen LogP contribution in [0.1, 0.15) is 90.2 Å². The van der Waals surface area contributed by atoms with Crippen LogP contribution >= 0.6 is 0 Å². The first-order valence-corrected chi connectivity index (χ1v) is 14.5. The Balaban J connectivity index is 0.000000981. The normalized spacial score (nSPS) is 18.6. The lowest BCUT2D eigenvalue weighted by atomic mass is 9.96. The maximum absolute atomic E-state index is 13.7. The van der Waals surface area contributed by atoms with Crippen molar-refractivity contribution in [1.82, 2.24) is 10.2 Å². The van der Waals surface area contributed by atoms with E-state index in [1.807, 2.05) is 29.2 Å². The zero-order valence-corrected chi connectivity index (χ0v) is 23.7. The second-order valence-corrected chi connectivity index (χ2v) is 10.6. The standard InChI is InChI=1S/C27H43FN2O4.C2HF3O2.CH4/c1-2-3-17-33-24-13-11-21(12-14-24)27(32)25(20-30-16-15-22(28)19-30)29-26(31)10-5-4-6-18-34-23-8-7-9-23;3-2(4,5)1(6)7;/h11-14,22-23,25,27,32H,2-10,15-20H2,1H3,(H,29,31);(H,6,7);1H4/t22-,25-,27-;;/m1../s1. The number of carboxylic acids is 1. The van der Waals surface area contributed by atoms with Crippen molar-refractivity contribution in [2.45, 2.75) is 109 Å². The molecule has 1 saturated carbocycles. The summed E-state index contributed by atoms with van der Waals surface area (Å²) in [7, 11) is 0. The van der Waals surface area contributed by atoms with Crippen molar-refractivity contribution >= 4 is 11.9 Å². The SMILES string of the molecule is C.CCCCOc1ccc([C@@H](O)[C@@H](CN2CC[C@@H](F)C2)NC(=O)CCCCCOC2CCC2)cc1.O=C(O)C(F)(F)F. The molecule has 12 heteroatoms. The number of likely N-dealkylation sites (tertiary alicyclic amines) is 1. The number of carbonyl (C=O) groups excluding carboxylic acids is 1. The average Bonchev–Trinajstić information content (AvgIpc) is 3.31. The van der Waals surface area contributed by atoms with Crippen LogP contribution in [0.25, 0.3) is 0 Å². The molecule has 3 atom stereocenters. The van der Waals surface area contributed by atoms with Crippen molar-refractivity contribution in [3.63, 3.8) is 0 Å². The fraction of sp³-hybridized carbons (Fsp3) is 0.733. The number of nitrogens with zero attached hydrogens (tertiary/aromatic N) is 1. The molecule has 0 unspecified atom stereocenters. The van der Waals surface area contributed by atoms with Gasteiger partial charge in [0.2, 0.25) is 5.91 Å². The summed E-state index contributed by atoms with van der Waals surface area (Å²) in [5.41, 5.74) is 0.720. The number of aliphatic carboxylic acids is 1. The van der Waals surface area contributed by atoms with Gasteiger partial charge in [0, 0.05) is 32.7 Å². The van der Waals surface area contributed by atoms with Crippen LogP contribution < -0.4 is 10.1 Å². The molecule has 8 nitrogen and oxygen atoms in total. The predicted molar refractivity (Wildman–Crippen MR) is 152 cm³/mol. The summed E-state index contributed by atoms with van der Waals surface area (Å²) in [6.07, 6.45) is 3.00. The zero-order chi connectivity index (χ0) is 30.3. The van der Waals surface area contributed by atoms with E-state index in [-0.39, 0.29) is 13.3 Å². The van der Waals surface area contributed by atoms with Crippen molar-refractivity contribution in [3.8, 4) is 5.75 Å². The molecule has 3 rings (SSSR count). The van der Waals surface area contributed by atoms with E-state index in [4.69, 9.17) is 19.4 Å². The van der Waals surface area contributed by atoms with Crippen LogP contribution in [0, 0.1) is 0 Å². The Bertz CT molecular complexity index is 899. The maximum atomic E-state index is 13.7. The Labute approximate surface area is 246 Å². The zero-order valence-electron chi connectivity index (χ0n) is 23.7. The van der Waals surface area contributed by atoms with Crippen molar-refractivity contribution < 1.29 is 46.8 Å². The fourth-order valence-corrected chi connectivity index (χ4v) is 4.41. The number of carboxylic acid groups (broad SMARTS) is 1. The van der Waals surface area contributed by atoms with E-state index in [1.54, 1.807) is 0 Å². The topological polar surface area (TPSA) is 108 Å². The van der Waals surface area contributed by atoms with Crippen LogP contribution in [-0.4, -0.2) is 84.3 Å². The molecule has 0 aromatic heterocycles. The van der Waals surface area contributed by atoms with Crippen LogP contribution in [0.2, 0.25) is 0 Å². The lowest BCUT2D eigenvalue weighted by Crippen LogP contribution is -2.46. The summed E-state index contributed by atoms with van der Waals surface area (Å²) in [6.45, 7) is 4.98. The number of hydrogen-bond acceptors (Lipinski definition) is 6. The van der Waals surface area contributed by atoms with Crippen LogP contribution in [0.3, 0.4) is 0 Å². The summed E-state index contributed by atoms with van der Waals surface area (Å²) >= 11 is 0. The molecule has 1 heterocycles. The van der Waals surface area contributed by atoms with Crippen LogP contribution in [0.15, 0.2) is 24.3 Å². The number of halogens is 4. The number of benzene rings is 1. The molecule has 1 aromatic carbocycles. The quantitative estimate of drug-likeness (QED) is 0.160. The van der Waals surface area contributed by atoms with Crippen molar-refractivity contribution in [3.05, 3.63) is 29.8 Å². The number of aliphatic hydroxyl groups excluding tert-OH is 1. The molecule has 1 aromatic rings. The van der Waals surface area contributed by atoms with Crippen molar-refractivity contribution in [2.75, 3.05) is 32.8 Å². The molecule has 42 heavy (non-hydrogen) atoms. The Kier molecular flexibility index (Phi) is 17.6. The molecule has 1 aliphatic carbocycles. The third kappa shape index (κ3) is 14.6. The molecular weight excluding hydrogens is 560 g/mol. The van der Waals surface area contributed by atoms with Gasteiger partial charge in [-0.15, -0.1) is 0 Å². The Morgan fingerprint density at radius 1 is 1.07 bits per heavy atom. The van der Waals surface area contributed by atoms with Gasteiger partial charge in [-0.3, -0.25) is 9.69 Å². The van der Waals surface area contributed by atoms with Gasteiger partial charge in [0.25, 0.3) is 0 Å². The van der Waals surface area contributed by atoms with E-state index in [0.717, 1.165) is 50.0 Å². The monoisotopic (exact) mass is 608 g/mol. The number of unbranched alkanes of at least 4 members (excludes halogenated alkanes) is 3. The minimum absolute atomic E-state index is 0. The van der Waals surface area contributed by atoms with Crippen molar-refractivity contribution in [1.29, 1.82) is 0 Å². The second-order valence-electron chi connectivity index (χ2n) is 10.6. The number of ether oxygens (including phenoxy) is 2. The minimum Gasteiger partial charge on any atom is -0.494 e. The number of rotatable bonds is 16. The maximum Gasteiger partial charge on any atom is 0.490 e. The molecular formula is C30H48F4N2O6. The largest absolute Gasteiger partial charge is 0.494 e. The Morgan fingerprint density at radius 3 is 2.26 bits per heavy atom. The Hall–Kier alpha value is -2.44. The van der Waals surface area contributed by atoms with Gasteiger partial charge in [0.05, 0.1) is 18.8 Å². The first kappa shape index (κ1) is 37.6. The molecule has 1 saturated heterocycles. The van der Waals surface area contributed by atoms with Crippen LogP contribution in [-0.2, 0) is 14.3 Å². The van der Waals surface area contributed by atoms with E-state index in [2.05, 4.69) is 12.2 Å². The molecule has 242 valence electrons. The number of nitrogens with one attached hydrogen (secondary N) is 1. The van der Waals surface area contributed by atoms with Gasteiger partial charge in [0.1, 0.15) is 18.0 Å². The fourth-order valence-electron chi connectivity index (χ4n) is 4.41. The molecule has 0 spiro atoms. The molecule has 0 bridgehead atoms. The molecule has 0 radical (unpaired) electrons. The van der Waals surface area contributed by atoms with Gasteiger partial charge < -0.3 is 25.0 Å². The van der Waals surface area contributed by atoms with E-state index in [0.29, 0.717) is 45.2 Å². The predicted octanol–water partition coefficient (Wildman–Crippen LogP) is 5.83. The molecule has 1 amide bonds. The highest BCUT2D eigenvalue weighted by Gasteiger charge is 2.38. The summed E-state index contributed by atoms with van der Waals surface area (Å²) in [6, 6.07) is 6.90. The van der Waals surface area contributed by atoms with E-state index in [9.17, 15) is 27.5 Å². The highest BCUT2D eigenvalue weighted by atomic mass is 19.4. The molecule has 3 N–H and O–H groups in total. The smallest absolute Gasteiger partial charge is 0.490 e. The number of hydrogen-bond donors (Lipinski definition) is 3. The second kappa shape index (κ2) is 19.7. The summed E-state index contributed by atoms with van der Waals surface area (Å²) in [5.74, 6) is -2.06. The van der Waals surface area contributed by atoms with E-state index < -0.39 is 30.5 Å². The number of amides is 1. The number of carbonyl (C=O) groups is 2. The average molecular weight is 609 g/mol. The lowest BCUT2D eigenvalue weighted by molar-refractivity contribution is -0.192. The highest BCUT2D eigenvalue weighted by molar-refractivity contribution is 5.76. The van der Waals surface area contributed by atoms with E-state index in [1.165, 1.54) is 19.3 Å². The Morgan fingerprint density at radius 2 is 1.74 bits per heavy atom. The van der Waals surface area contributed by atoms with Gasteiger partial charge in [0.15, 0.2) is 0 Å². The number of aliphatic hydroxyl groups is 1. The highest BCUT2D eigenvalue weighted by Crippen LogP contribution is 2.24. The lowest BCUT2D eigenvalue weighted by Gasteiger charge is -2.29. The van der Waals surface area contributed by atoms with Crippen LogP contribution in [0.5, 0.6) is 5.75 Å². The molecule has 2 aliphatic rings. The molecule has 1 aliphatic heterocycles.